The molecule has 1 heterocycles. The van der Waals surface area contributed by atoms with Gasteiger partial charge < -0.3 is 14.4 Å². The van der Waals surface area contributed by atoms with Gasteiger partial charge >= 0.3 is 0 Å². The molecule has 3 aromatic carbocycles. The topological polar surface area (TPSA) is 42.0 Å². The lowest BCUT2D eigenvalue weighted by atomic mass is 9.88. The molecule has 7 heteroatoms. The summed E-state index contributed by atoms with van der Waals surface area (Å²) in [7, 11) is 3.14. The first-order chi connectivity index (χ1) is 17.5. The van der Waals surface area contributed by atoms with Crippen LogP contribution in [0, 0.1) is 17.6 Å². The lowest BCUT2D eigenvalue weighted by molar-refractivity contribution is -0.136. The number of carbonyl (C=O) groups is 1. The van der Waals surface area contributed by atoms with Gasteiger partial charge in [0.15, 0.2) is 0 Å². The van der Waals surface area contributed by atoms with E-state index in [1.54, 1.807) is 30.2 Å². The maximum absolute atomic E-state index is 14.4. The number of halogens is 2. The molecule has 0 radical (unpaired) electrons. The van der Waals surface area contributed by atoms with Crippen LogP contribution in [-0.4, -0.2) is 56.2 Å². The Hall–Kier alpha value is -3.29. The summed E-state index contributed by atoms with van der Waals surface area (Å²) in [6, 6.07) is 21.0. The molecule has 0 bridgehead atoms. The zero-order valence-corrected chi connectivity index (χ0v) is 20.7. The summed E-state index contributed by atoms with van der Waals surface area (Å²) in [6.07, 6.45) is 0. The van der Waals surface area contributed by atoms with Gasteiger partial charge in [0, 0.05) is 51.3 Å². The number of likely N-dealkylation sites (tertiary alicyclic amines) is 1. The molecule has 1 aliphatic rings. The zero-order chi connectivity index (χ0) is 25.5. The fourth-order valence-electron chi connectivity index (χ4n) is 4.93. The van der Waals surface area contributed by atoms with Crippen LogP contribution in [0.5, 0.6) is 5.75 Å². The molecule has 1 amide bonds. The molecule has 1 aliphatic heterocycles. The third kappa shape index (κ3) is 6.47. The molecule has 0 N–H and O–H groups in total. The molecule has 4 rings (SSSR count). The van der Waals surface area contributed by atoms with Crippen LogP contribution in [0.3, 0.4) is 0 Å². The molecule has 36 heavy (non-hydrogen) atoms. The number of rotatable bonds is 10. The number of carbonyl (C=O) groups excluding carboxylic acids is 1. The van der Waals surface area contributed by atoms with Gasteiger partial charge in [0.2, 0.25) is 5.91 Å². The molecule has 0 saturated carbocycles. The zero-order valence-electron chi connectivity index (χ0n) is 20.7. The van der Waals surface area contributed by atoms with Crippen LogP contribution in [0.4, 0.5) is 8.78 Å². The van der Waals surface area contributed by atoms with Gasteiger partial charge in [-0.1, -0.05) is 42.5 Å². The van der Waals surface area contributed by atoms with Crippen molar-refractivity contribution in [3.8, 4) is 5.75 Å². The monoisotopic (exact) mass is 494 g/mol. The molecule has 0 aromatic heterocycles. The summed E-state index contributed by atoms with van der Waals surface area (Å²) in [4.78, 5) is 17.0. The van der Waals surface area contributed by atoms with Crippen LogP contribution in [0.2, 0.25) is 0 Å². The second-order valence-corrected chi connectivity index (χ2v) is 9.26. The molecule has 190 valence electrons. The normalized spacial score (nSPS) is 17.8. The first-order valence-corrected chi connectivity index (χ1v) is 12.1. The Bertz CT molecular complexity index is 1140. The number of benzene rings is 3. The van der Waals surface area contributed by atoms with Crippen molar-refractivity contribution in [2.24, 2.45) is 5.92 Å². The molecule has 1 fully saturated rings. The first kappa shape index (κ1) is 25.8. The molecule has 0 spiro atoms. The predicted octanol–water partition coefficient (Wildman–Crippen LogP) is 4.86. The van der Waals surface area contributed by atoms with Crippen molar-refractivity contribution < 1.29 is 23.0 Å². The standard InChI is InChI=1S/C29H32F2N2O3/c1-35-20-29(34)33(15-21-7-11-25(30)12-8-21)18-24-17-32(16-23-5-3-4-6-28(23)31)19-27(24)22-9-13-26(36-2)14-10-22/h3-14,24,27H,15-20H2,1-2H3. The van der Waals surface area contributed by atoms with Gasteiger partial charge in [-0.3, -0.25) is 9.69 Å². The summed E-state index contributed by atoms with van der Waals surface area (Å²) in [5, 5.41) is 0. The first-order valence-electron chi connectivity index (χ1n) is 12.1. The lowest BCUT2D eigenvalue weighted by Crippen LogP contribution is -2.39. The minimum atomic E-state index is -0.312. The third-order valence-corrected chi connectivity index (χ3v) is 6.77. The van der Waals surface area contributed by atoms with Crippen molar-refractivity contribution in [1.82, 2.24) is 9.80 Å². The van der Waals surface area contributed by atoms with E-state index in [-0.39, 0.29) is 36.0 Å². The Morgan fingerprint density at radius 3 is 2.36 bits per heavy atom. The Labute approximate surface area is 211 Å². The van der Waals surface area contributed by atoms with Gasteiger partial charge in [-0.05, 0) is 47.4 Å². The number of hydrogen-bond acceptors (Lipinski definition) is 4. The average molecular weight is 495 g/mol. The van der Waals surface area contributed by atoms with Crippen molar-refractivity contribution in [2.75, 3.05) is 40.5 Å². The molecular formula is C29H32F2N2O3. The molecule has 2 unspecified atom stereocenters. The maximum atomic E-state index is 14.4. The summed E-state index contributed by atoms with van der Waals surface area (Å²) in [5.41, 5.74) is 2.66. The van der Waals surface area contributed by atoms with E-state index in [1.165, 1.54) is 25.3 Å². The average Bonchev–Trinajstić information content (AvgIpc) is 3.28. The van der Waals surface area contributed by atoms with Crippen molar-refractivity contribution in [2.45, 2.75) is 19.0 Å². The maximum Gasteiger partial charge on any atom is 0.248 e. The summed E-state index contributed by atoms with van der Waals surface area (Å²) in [6.45, 7) is 2.80. The largest absolute Gasteiger partial charge is 0.497 e. The SMILES string of the molecule is COCC(=O)N(Cc1ccc(F)cc1)CC1CN(Cc2ccccc2F)CC1c1ccc(OC)cc1. The van der Waals surface area contributed by atoms with Crippen LogP contribution in [-0.2, 0) is 22.6 Å². The fraction of sp³-hybridized carbons (Fsp3) is 0.345. The second-order valence-electron chi connectivity index (χ2n) is 9.26. The van der Waals surface area contributed by atoms with E-state index in [9.17, 15) is 13.6 Å². The van der Waals surface area contributed by atoms with Gasteiger partial charge in [0.25, 0.3) is 0 Å². The van der Waals surface area contributed by atoms with Crippen molar-refractivity contribution in [1.29, 1.82) is 0 Å². The van der Waals surface area contributed by atoms with E-state index < -0.39 is 0 Å². The molecule has 2 atom stereocenters. The van der Waals surface area contributed by atoms with Crippen LogP contribution in [0.25, 0.3) is 0 Å². The van der Waals surface area contributed by atoms with E-state index in [1.807, 2.05) is 24.3 Å². The van der Waals surface area contributed by atoms with Gasteiger partial charge in [-0.15, -0.1) is 0 Å². The van der Waals surface area contributed by atoms with Crippen LogP contribution in [0.15, 0.2) is 72.8 Å². The molecule has 0 aliphatic carbocycles. The Morgan fingerprint density at radius 1 is 0.972 bits per heavy atom. The number of hydrogen-bond donors (Lipinski definition) is 0. The van der Waals surface area contributed by atoms with E-state index in [0.29, 0.717) is 31.7 Å². The quantitative estimate of drug-likeness (QED) is 0.404. The van der Waals surface area contributed by atoms with Crippen LogP contribution < -0.4 is 4.74 Å². The Kier molecular flexibility index (Phi) is 8.67. The number of methoxy groups -OCH3 is 2. The van der Waals surface area contributed by atoms with Crippen LogP contribution >= 0.6 is 0 Å². The predicted molar refractivity (Wildman–Crippen MR) is 135 cm³/mol. The van der Waals surface area contributed by atoms with Crippen molar-refractivity contribution in [3.05, 3.63) is 101 Å². The molecule has 3 aromatic rings. The van der Waals surface area contributed by atoms with Crippen molar-refractivity contribution >= 4 is 5.91 Å². The number of ether oxygens (including phenoxy) is 2. The lowest BCUT2D eigenvalue weighted by Gasteiger charge is -2.29. The summed E-state index contributed by atoms with van der Waals surface area (Å²) >= 11 is 0. The minimum Gasteiger partial charge on any atom is -0.497 e. The molecule has 5 nitrogen and oxygen atoms in total. The number of amides is 1. The third-order valence-electron chi connectivity index (χ3n) is 6.77. The Morgan fingerprint density at radius 2 is 1.69 bits per heavy atom. The van der Waals surface area contributed by atoms with Gasteiger partial charge in [0.1, 0.15) is 24.0 Å². The number of nitrogens with zero attached hydrogens (tertiary/aromatic N) is 2. The highest BCUT2D eigenvalue weighted by atomic mass is 19.1. The minimum absolute atomic E-state index is 0.0277. The highest BCUT2D eigenvalue weighted by Gasteiger charge is 2.36. The molecule has 1 saturated heterocycles. The van der Waals surface area contributed by atoms with Gasteiger partial charge in [-0.2, -0.15) is 0 Å². The molecular weight excluding hydrogens is 462 g/mol. The fourth-order valence-corrected chi connectivity index (χ4v) is 4.93. The van der Waals surface area contributed by atoms with Gasteiger partial charge in [-0.25, -0.2) is 8.78 Å². The summed E-state index contributed by atoms with van der Waals surface area (Å²) in [5.74, 6) is 0.399. The van der Waals surface area contributed by atoms with E-state index in [2.05, 4.69) is 17.0 Å². The summed E-state index contributed by atoms with van der Waals surface area (Å²) < 4.78 is 38.3. The smallest absolute Gasteiger partial charge is 0.248 e. The van der Waals surface area contributed by atoms with Crippen LogP contribution in [0.1, 0.15) is 22.6 Å². The second kappa shape index (κ2) is 12.1. The highest BCUT2D eigenvalue weighted by molar-refractivity contribution is 5.77. The van der Waals surface area contributed by atoms with Crippen molar-refractivity contribution in [3.63, 3.8) is 0 Å². The van der Waals surface area contributed by atoms with E-state index in [4.69, 9.17) is 9.47 Å². The van der Waals surface area contributed by atoms with E-state index in [0.717, 1.165) is 23.4 Å². The van der Waals surface area contributed by atoms with Gasteiger partial charge in [0.05, 0.1) is 7.11 Å². The van der Waals surface area contributed by atoms with E-state index >= 15 is 0 Å². The Balaban J connectivity index is 1.58. The highest BCUT2D eigenvalue weighted by Crippen LogP contribution is 2.35.